The number of hydrogen-bond acceptors (Lipinski definition) is 1. The van der Waals surface area contributed by atoms with E-state index in [0.29, 0.717) is 12.2 Å². The fraction of sp³-hybridized carbons (Fsp3) is 0.385. The van der Waals surface area contributed by atoms with Crippen LogP contribution in [0.2, 0.25) is 0 Å². The second-order valence-electron chi connectivity index (χ2n) is 4.32. The quantitative estimate of drug-likeness (QED) is 0.553. The third-order valence-corrected chi connectivity index (χ3v) is 5.80. The number of halogens is 1. The van der Waals surface area contributed by atoms with Crippen LogP contribution in [0.4, 0.5) is 0 Å². The summed E-state index contributed by atoms with van der Waals surface area (Å²) in [5.74, 6) is 0.588. The summed E-state index contributed by atoms with van der Waals surface area (Å²) in [7, 11) is -1.04. The van der Waals surface area contributed by atoms with Crippen LogP contribution in [0, 0.1) is 0 Å². The fourth-order valence-corrected chi connectivity index (χ4v) is 4.06. The van der Waals surface area contributed by atoms with Crippen molar-refractivity contribution in [2.24, 2.45) is 0 Å². The topological polar surface area (TPSA) is 17.1 Å². The highest BCUT2D eigenvalue weighted by molar-refractivity contribution is 7.87. The molecule has 2 atom stereocenters. The molecule has 16 heavy (non-hydrogen) atoms. The molecular weight excluding hydrogens is 240 g/mol. The predicted molar refractivity (Wildman–Crippen MR) is 70.0 cm³/mol. The van der Waals surface area contributed by atoms with Crippen molar-refractivity contribution < 1.29 is 4.21 Å². The lowest BCUT2D eigenvalue weighted by atomic mass is 10.0. The molecule has 0 bridgehead atoms. The average Bonchev–Trinajstić information content (AvgIpc) is 2.28. The molecule has 0 N–H and O–H groups in total. The standard InChI is InChI=1S/C13H15ClOS/c1-10-8-13(14,16(15)9-11(10)2)12-6-4-3-5-7-12/h3-7H,8-9H2,1-2H3/t13-,16-/m0/s1. The summed E-state index contributed by atoms with van der Waals surface area (Å²) in [5, 5.41) is 0. The van der Waals surface area contributed by atoms with E-state index in [-0.39, 0.29) is 0 Å². The van der Waals surface area contributed by atoms with Gasteiger partial charge in [-0.3, -0.25) is 4.21 Å². The van der Waals surface area contributed by atoms with Gasteiger partial charge in [-0.15, -0.1) is 0 Å². The van der Waals surface area contributed by atoms with E-state index in [0.717, 1.165) is 5.56 Å². The van der Waals surface area contributed by atoms with Crippen LogP contribution in [0.5, 0.6) is 0 Å². The Morgan fingerprint density at radius 3 is 2.44 bits per heavy atom. The molecule has 0 saturated heterocycles. The molecule has 3 heteroatoms. The van der Waals surface area contributed by atoms with Gasteiger partial charge in [0.25, 0.3) is 0 Å². The first-order valence-corrected chi connectivity index (χ1v) is 7.02. The van der Waals surface area contributed by atoms with Gasteiger partial charge in [0, 0.05) is 12.2 Å². The lowest BCUT2D eigenvalue weighted by Crippen LogP contribution is -2.31. The van der Waals surface area contributed by atoms with Gasteiger partial charge in [-0.05, 0) is 19.4 Å². The zero-order valence-corrected chi connectivity index (χ0v) is 11.1. The van der Waals surface area contributed by atoms with Gasteiger partial charge in [0.2, 0.25) is 0 Å². The molecule has 0 aromatic heterocycles. The monoisotopic (exact) mass is 254 g/mol. The molecule has 0 radical (unpaired) electrons. The normalized spacial score (nSPS) is 30.6. The maximum Gasteiger partial charge on any atom is 0.148 e. The summed E-state index contributed by atoms with van der Waals surface area (Å²) in [4.78, 5) is 0. The van der Waals surface area contributed by atoms with Gasteiger partial charge in [-0.2, -0.15) is 0 Å². The predicted octanol–water partition coefficient (Wildman–Crippen LogP) is 3.57. The van der Waals surface area contributed by atoms with E-state index >= 15 is 0 Å². The highest BCUT2D eigenvalue weighted by Crippen LogP contribution is 2.43. The van der Waals surface area contributed by atoms with E-state index in [1.54, 1.807) is 0 Å². The molecule has 86 valence electrons. The largest absolute Gasteiger partial charge is 0.257 e. The minimum atomic E-state index is -1.04. The third kappa shape index (κ3) is 1.96. The minimum absolute atomic E-state index is 0.588. The highest BCUT2D eigenvalue weighted by atomic mass is 35.5. The maximum atomic E-state index is 12.2. The molecule has 0 spiro atoms. The van der Waals surface area contributed by atoms with E-state index in [2.05, 4.69) is 6.92 Å². The van der Waals surface area contributed by atoms with Gasteiger partial charge in [-0.25, -0.2) is 0 Å². The highest BCUT2D eigenvalue weighted by Gasteiger charge is 2.39. The average molecular weight is 255 g/mol. The van der Waals surface area contributed by atoms with Crippen molar-refractivity contribution in [2.45, 2.75) is 24.5 Å². The molecule has 0 saturated carbocycles. The van der Waals surface area contributed by atoms with Crippen molar-refractivity contribution >= 4 is 22.4 Å². The Labute approximate surface area is 104 Å². The van der Waals surface area contributed by atoms with Gasteiger partial charge < -0.3 is 0 Å². The Kier molecular flexibility index (Phi) is 3.22. The molecule has 1 aromatic carbocycles. The second-order valence-corrected chi connectivity index (χ2v) is 6.87. The van der Waals surface area contributed by atoms with E-state index in [9.17, 15) is 4.21 Å². The zero-order valence-electron chi connectivity index (χ0n) is 9.50. The van der Waals surface area contributed by atoms with Crippen LogP contribution in [-0.4, -0.2) is 9.96 Å². The smallest absolute Gasteiger partial charge is 0.148 e. The summed E-state index contributed by atoms with van der Waals surface area (Å²) in [6, 6.07) is 9.75. The van der Waals surface area contributed by atoms with Crippen molar-refractivity contribution in [2.75, 3.05) is 5.75 Å². The van der Waals surface area contributed by atoms with E-state index in [4.69, 9.17) is 11.6 Å². The maximum absolute atomic E-state index is 12.2. The lowest BCUT2D eigenvalue weighted by Gasteiger charge is -2.32. The molecular formula is C13H15ClOS. The molecule has 1 aliphatic rings. The zero-order chi connectivity index (χ0) is 11.8. The third-order valence-electron chi connectivity index (χ3n) is 3.13. The number of rotatable bonds is 1. The van der Waals surface area contributed by atoms with Gasteiger partial charge in [-0.1, -0.05) is 53.1 Å². The Hall–Kier alpha value is -0.600. The molecule has 2 rings (SSSR count). The van der Waals surface area contributed by atoms with Gasteiger partial charge >= 0.3 is 0 Å². The first kappa shape index (κ1) is 11.9. The Morgan fingerprint density at radius 1 is 1.19 bits per heavy atom. The van der Waals surface area contributed by atoms with Crippen molar-refractivity contribution in [3.05, 3.63) is 47.0 Å². The van der Waals surface area contributed by atoms with Crippen LogP contribution in [0.25, 0.3) is 0 Å². The second kappa shape index (κ2) is 4.34. The van der Waals surface area contributed by atoms with Crippen LogP contribution in [0.1, 0.15) is 25.8 Å². The molecule has 0 unspecified atom stereocenters. The van der Waals surface area contributed by atoms with Crippen molar-refractivity contribution in [3.63, 3.8) is 0 Å². The van der Waals surface area contributed by atoms with E-state index < -0.39 is 15.0 Å². The molecule has 0 amide bonds. The van der Waals surface area contributed by atoms with Crippen molar-refractivity contribution in [3.8, 4) is 0 Å². The van der Waals surface area contributed by atoms with Crippen LogP contribution in [-0.2, 0) is 15.0 Å². The Balaban J connectivity index is 2.44. The number of alkyl halides is 1. The summed E-state index contributed by atoms with van der Waals surface area (Å²) in [6.07, 6.45) is 0.678. The first-order valence-electron chi connectivity index (χ1n) is 5.32. The number of benzene rings is 1. The molecule has 1 nitrogen and oxygen atoms in total. The molecule has 1 aliphatic heterocycles. The number of hydrogen-bond donors (Lipinski definition) is 0. The van der Waals surface area contributed by atoms with Crippen LogP contribution < -0.4 is 0 Å². The summed E-state index contributed by atoms with van der Waals surface area (Å²) in [5.41, 5.74) is 3.44. The van der Waals surface area contributed by atoms with Crippen molar-refractivity contribution in [1.29, 1.82) is 0 Å². The van der Waals surface area contributed by atoms with Gasteiger partial charge in [0.15, 0.2) is 0 Å². The molecule has 1 aromatic rings. The molecule has 0 aliphatic carbocycles. The van der Waals surface area contributed by atoms with Crippen LogP contribution >= 0.6 is 11.6 Å². The molecule has 0 fully saturated rings. The lowest BCUT2D eigenvalue weighted by molar-refractivity contribution is 0.655. The SMILES string of the molecule is CC1=C(C)C[C@@](Cl)(c2ccccc2)[S@@](=O)C1. The van der Waals surface area contributed by atoms with E-state index in [1.807, 2.05) is 37.3 Å². The fourth-order valence-electron chi connectivity index (χ4n) is 1.93. The Morgan fingerprint density at radius 2 is 1.81 bits per heavy atom. The van der Waals surface area contributed by atoms with E-state index in [1.165, 1.54) is 11.1 Å². The Bertz CT molecular complexity index is 452. The summed E-state index contributed by atoms with van der Waals surface area (Å²) in [6.45, 7) is 4.11. The van der Waals surface area contributed by atoms with Gasteiger partial charge in [0.05, 0.1) is 10.8 Å². The van der Waals surface area contributed by atoms with Crippen molar-refractivity contribution in [1.82, 2.24) is 0 Å². The number of allylic oxidation sites excluding steroid dienone is 1. The minimum Gasteiger partial charge on any atom is -0.257 e. The first-order chi connectivity index (χ1) is 7.54. The van der Waals surface area contributed by atoms with Crippen LogP contribution in [0.15, 0.2) is 41.5 Å². The summed E-state index contributed by atoms with van der Waals surface area (Å²) >= 11 is 6.58. The van der Waals surface area contributed by atoms with Gasteiger partial charge in [0.1, 0.15) is 4.21 Å². The summed E-state index contributed by atoms with van der Waals surface area (Å²) < 4.78 is 11.5. The molecule has 1 heterocycles. The van der Waals surface area contributed by atoms with Crippen LogP contribution in [0.3, 0.4) is 0 Å².